The van der Waals surface area contributed by atoms with E-state index in [4.69, 9.17) is 10.5 Å². The number of ether oxygens (including phenoxy) is 1. The average Bonchev–Trinajstić information content (AvgIpc) is 2.16. The van der Waals surface area contributed by atoms with Crippen molar-refractivity contribution in [1.29, 1.82) is 0 Å². The summed E-state index contributed by atoms with van der Waals surface area (Å²) in [6, 6.07) is -0.698. The van der Waals surface area contributed by atoms with E-state index in [2.05, 4.69) is 9.97 Å². The first-order chi connectivity index (χ1) is 7.38. The van der Waals surface area contributed by atoms with Gasteiger partial charge < -0.3 is 10.5 Å². The highest BCUT2D eigenvalue weighted by Crippen LogP contribution is 2.09. The standard InChI is InChI=1S/C11H17N3O2/c1-11(2,3)16-10(15)9(12)6-8-7-13-4-5-14-8/h4-5,7,9H,6,12H2,1-3H3/t9-/m1/s1. The van der Waals surface area contributed by atoms with Crippen LogP contribution in [-0.2, 0) is 16.0 Å². The lowest BCUT2D eigenvalue weighted by molar-refractivity contribution is -0.156. The minimum Gasteiger partial charge on any atom is -0.459 e. The van der Waals surface area contributed by atoms with Gasteiger partial charge in [-0.3, -0.25) is 14.8 Å². The molecule has 0 unspecified atom stereocenters. The molecule has 1 heterocycles. The van der Waals surface area contributed by atoms with Crippen LogP contribution in [0.4, 0.5) is 0 Å². The Morgan fingerprint density at radius 1 is 1.50 bits per heavy atom. The van der Waals surface area contributed by atoms with Gasteiger partial charge in [-0.2, -0.15) is 0 Å². The van der Waals surface area contributed by atoms with Gasteiger partial charge in [-0.25, -0.2) is 0 Å². The third-order valence-corrected chi connectivity index (χ3v) is 1.76. The molecule has 5 heteroatoms. The van der Waals surface area contributed by atoms with Crippen LogP contribution in [0.5, 0.6) is 0 Å². The van der Waals surface area contributed by atoms with Crippen molar-refractivity contribution in [1.82, 2.24) is 9.97 Å². The van der Waals surface area contributed by atoms with Crippen LogP contribution in [0.15, 0.2) is 18.6 Å². The Balaban J connectivity index is 2.53. The fourth-order valence-electron chi connectivity index (χ4n) is 1.12. The summed E-state index contributed by atoms with van der Waals surface area (Å²) >= 11 is 0. The summed E-state index contributed by atoms with van der Waals surface area (Å²) in [5.74, 6) is -0.418. The summed E-state index contributed by atoms with van der Waals surface area (Å²) in [4.78, 5) is 19.5. The molecule has 0 aliphatic rings. The van der Waals surface area contributed by atoms with Crippen molar-refractivity contribution in [2.45, 2.75) is 38.8 Å². The minimum atomic E-state index is -0.698. The van der Waals surface area contributed by atoms with Crippen LogP contribution in [0.3, 0.4) is 0 Å². The van der Waals surface area contributed by atoms with E-state index >= 15 is 0 Å². The summed E-state index contributed by atoms with van der Waals surface area (Å²) in [7, 11) is 0. The Hall–Kier alpha value is -1.49. The molecule has 0 bridgehead atoms. The number of aromatic nitrogens is 2. The van der Waals surface area contributed by atoms with E-state index in [1.807, 2.05) is 0 Å². The number of carbonyl (C=O) groups excluding carboxylic acids is 1. The molecule has 0 radical (unpaired) electrons. The smallest absolute Gasteiger partial charge is 0.323 e. The van der Waals surface area contributed by atoms with Gasteiger partial charge in [-0.05, 0) is 20.8 Å². The molecule has 0 aliphatic carbocycles. The second-order valence-electron chi connectivity index (χ2n) is 4.54. The topological polar surface area (TPSA) is 78.1 Å². The van der Waals surface area contributed by atoms with Crippen LogP contribution >= 0.6 is 0 Å². The predicted molar refractivity (Wildman–Crippen MR) is 59.6 cm³/mol. The maximum Gasteiger partial charge on any atom is 0.323 e. The van der Waals surface area contributed by atoms with Gasteiger partial charge >= 0.3 is 5.97 Å². The third-order valence-electron chi connectivity index (χ3n) is 1.76. The molecular formula is C11H17N3O2. The molecular weight excluding hydrogens is 206 g/mol. The quantitative estimate of drug-likeness (QED) is 0.763. The first-order valence-electron chi connectivity index (χ1n) is 5.12. The number of hydrogen-bond acceptors (Lipinski definition) is 5. The van der Waals surface area contributed by atoms with Gasteiger partial charge in [0, 0.05) is 25.0 Å². The largest absolute Gasteiger partial charge is 0.459 e. The van der Waals surface area contributed by atoms with Gasteiger partial charge in [0.2, 0.25) is 0 Å². The van der Waals surface area contributed by atoms with E-state index in [0.29, 0.717) is 12.1 Å². The molecule has 0 aliphatic heterocycles. The maximum absolute atomic E-state index is 11.6. The van der Waals surface area contributed by atoms with Crippen LogP contribution in [0.25, 0.3) is 0 Å². The molecule has 88 valence electrons. The van der Waals surface area contributed by atoms with Crippen LogP contribution in [0.1, 0.15) is 26.5 Å². The first-order valence-corrected chi connectivity index (χ1v) is 5.12. The summed E-state index contributed by atoms with van der Waals surface area (Å²) in [6.45, 7) is 5.42. The molecule has 1 rings (SSSR count). The minimum absolute atomic E-state index is 0.336. The number of nitrogens with zero attached hydrogens (tertiary/aromatic N) is 2. The van der Waals surface area contributed by atoms with Crippen LogP contribution < -0.4 is 5.73 Å². The number of esters is 1. The summed E-state index contributed by atoms with van der Waals surface area (Å²) in [5, 5.41) is 0. The Labute approximate surface area is 95.0 Å². The fourth-order valence-corrected chi connectivity index (χ4v) is 1.12. The Kier molecular flexibility index (Phi) is 3.95. The van der Waals surface area contributed by atoms with Crippen molar-refractivity contribution in [3.8, 4) is 0 Å². The molecule has 0 amide bonds. The first kappa shape index (κ1) is 12.6. The van der Waals surface area contributed by atoms with Gasteiger partial charge in [0.15, 0.2) is 0 Å². The predicted octanol–water partition coefficient (Wildman–Crippen LogP) is 0.688. The van der Waals surface area contributed by atoms with E-state index in [1.54, 1.807) is 39.4 Å². The number of carbonyl (C=O) groups is 1. The number of hydrogen-bond donors (Lipinski definition) is 1. The second kappa shape index (κ2) is 5.03. The monoisotopic (exact) mass is 223 g/mol. The molecule has 1 aromatic rings. The normalized spacial score (nSPS) is 13.2. The van der Waals surface area contributed by atoms with Crippen molar-refractivity contribution in [2.24, 2.45) is 5.73 Å². The zero-order chi connectivity index (χ0) is 12.2. The van der Waals surface area contributed by atoms with Crippen molar-refractivity contribution < 1.29 is 9.53 Å². The Morgan fingerprint density at radius 2 is 2.19 bits per heavy atom. The Bertz CT molecular complexity index is 346. The van der Waals surface area contributed by atoms with Crippen molar-refractivity contribution in [3.63, 3.8) is 0 Å². The summed E-state index contributed by atoms with van der Waals surface area (Å²) in [6.07, 6.45) is 5.06. The number of rotatable bonds is 3. The van der Waals surface area contributed by atoms with E-state index in [0.717, 1.165) is 0 Å². The fraction of sp³-hybridized carbons (Fsp3) is 0.545. The van der Waals surface area contributed by atoms with Crippen LogP contribution in [0.2, 0.25) is 0 Å². The zero-order valence-corrected chi connectivity index (χ0v) is 9.80. The molecule has 0 fully saturated rings. The lowest BCUT2D eigenvalue weighted by atomic mass is 10.1. The van der Waals surface area contributed by atoms with Crippen molar-refractivity contribution in [3.05, 3.63) is 24.3 Å². The van der Waals surface area contributed by atoms with E-state index in [1.165, 1.54) is 0 Å². The van der Waals surface area contributed by atoms with Crippen LogP contribution in [-0.4, -0.2) is 27.6 Å². The molecule has 0 aromatic carbocycles. The van der Waals surface area contributed by atoms with Gasteiger partial charge in [0.1, 0.15) is 11.6 Å². The van der Waals surface area contributed by atoms with Crippen LogP contribution in [0, 0.1) is 0 Å². The highest BCUT2D eigenvalue weighted by Gasteiger charge is 2.22. The molecule has 2 N–H and O–H groups in total. The van der Waals surface area contributed by atoms with Crippen molar-refractivity contribution >= 4 is 5.97 Å². The van der Waals surface area contributed by atoms with Gasteiger partial charge in [0.25, 0.3) is 0 Å². The van der Waals surface area contributed by atoms with Gasteiger partial charge in [-0.15, -0.1) is 0 Å². The number of nitrogens with two attached hydrogens (primary N) is 1. The molecule has 0 spiro atoms. The highest BCUT2D eigenvalue weighted by molar-refractivity contribution is 5.76. The van der Waals surface area contributed by atoms with E-state index < -0.39 is 17.6 Å². The summed E-state index contributed by atoms with van der Waals surface area (Å²) in [5.41, 5.74) is 5.88. The maximum atomic E-state index is 11.6. The lowest BCUT2D eigenvalue weighted by Gasteiger charge is -2.21. The van der Waals surface area contributed by atoms with Gasteiger partial charge in [-0.1, -0.05) is 0 Å². The SMILES string of the molecule is CC(C)(C)OC(=O)[C@H](N)Cc1cnccn1. The Morgan fingerprint density at radius 3 is 2.69 bits per heavy atom. The lowest BCUT2D eigenvalue weighted by Crippen LogP contribution is -2.39. The molecule has 1 atom stereocenters. The molecule has 16 heavy (non-hydrogen) atoms. The average molecular weight is 223 g/mol. The molecule has 0 saturated heterocycles. The summed E-state index contributed by atoms with van der Waals surface area (Å²) < 4.78 is 5.16. The van der Waals surface area contributed by atoms with E-state index in [9.17, 15) is 4.79 Å². The highest BCUT2D eigenvalue weighted by atomic mass is 16.6. The third kappa shape index (κ3) is 4.35. The van der Waals surface area contributed by atoms with E-state index in [-0.39, 0.29) is 0 Å². The molecule has 5 nitrogen and oxygen atoms in total. The molecule has 1 aromatic heterocycles. The zero-order valence-electron chi connectivity index (χ0n) is 9.80. The molecule has 0 saturated carbocycles. The van der Waals surface area contributed by atoms with Crippen molar-refractivity contribution in [2.75, 3.05) is 0 Å². The van der Waals surface area contributed by atoms with Gasteiger partial charge in [0.05, 0.1) is 5.69 Å². The second-order valence-corrected chi connectivity index (χ2v) is 4.54.